The van der Waals surface area contributed by atoms with Crippen molar-refractivity contribution >= 4 is 11.6 Å². The van der Waals surface area contributed by atoms with Gasteiger partial charge in [-0.3, -0.25) is 4.79 Å². The second-order valence-corrected chi connectivity index (χ2v) is 4.65. The molecule has 0 aliphatic rings. The van der Waals surface area contributed by atoms with Gasteiger partial charge in [-0.2, -0.15) is 13.2 Å². The Morgan fingerprint density at radius 1 is 1.15 bits per heavy atom. The normalized spacial score (nSPS) is 11.3. The molecule has 0 radical (unpaired) electrons. The van der Waals surface area contributed by atoms with Crippen molar-refractivity contribution in [1.82, 2.24) is 4.90 Å². The molecule has 1 rings (SSSR count). The number of anilines is 1. The number of alkyl halides is 3. The zero-order valence-corrected chi connectivity index (χ0v) is 11.9. The minimum absolute atomic E-state index is 0.334. The summed E-state index contributed by atoms with van der Waals surface area (Å²) >= 11 is 0. The van der Waals surface area contributed by atoms with Crippen LogP contribution >= 0.6 is 0 Å². The smallest absolute Gasteiger partial charge is 0.375 e. The number of halogens is 3. The van der Waals surface area contributed by atoms with Crippen LogP contribution in [-0.2, 0) is 0 Å². The van der Waals surface area contributed by atoms with Crippen LogP contribution in [0.4, 0.5) is 18.9 Å². The molecule has 0 unspecified atom stereocenters. The van der Waals surface area contributed by atoms with E-state index in [1.54, 1.807) is 24.3 Å². The Balaban J connectivity index is 2.67. The third kappa shape index (κ3) is 4.75. The molecule has 1 aromatic rings. The van der Waals surface area contributed by atoms with Crippen LogP contribution < -0.4 is 4.90 Å². The summed E-state index contributed by atoms with van der Waals surface area (Å²) in [5.41, 5.74) is 1.35. The lowest BCUT2D eigenvalue weighted by Gasteiger charge is -2.20. The Morgan fingerprint density at radius 2 is 1.70 bits per heavy atom. The highest BCUT2D eigenvalue weighted by Crippen LogP contribution is 2.20. The van der Waals surface area contributed by atoms with E-state index in [0.29, 0.717) is 5.56 Å². The monoisotopic (exact) mass is 288 g/mol. The van der Waals surface area contributed by atoms with Gasteiger partial charge >= 0.3 is 6.18 Å². The lowest BCUT2D eigenvalue weighted by Crippen LogP contribution is -2.30. The minimum Gasteiger partial charge on any atom is -0.375 e. The average Bonchev–Trinajstić information content (AvgIpc) is 2.42. The molecule has 20 heavy (non-hydrogen) atoms. The summed E-state index contributed by atoms with van der Waals surface area (Å²) in [6.07, 6.45) is -5.24. The van der Waals surface area contributed by atoms with Gasteiger partial charge in [0, 0.05) is 38.4 Å². The maximum atomic E-state index is 12.1. The van der Waals surface area contributed by atoms with Crippen LogP contribution in [0.1, 0.15) is 23.7 Å². The van der Waals surface area contributed by atoms with Gasteiger partial charge in [0.1, 0.15) is 0 Å². The number of nitrogens with zero attached hydrogens (tertiary/aromatic N) is 2. The SMILES string of the molecule is CCN(C)c1ccc(C(=O)N(C)CCC(F)(F)F)cc1. The predicted octanol–water partition coefficient (Wildman–Crippen LogP) is 3.17. The maximum absolute atomic E-state index is 12.1. The molecule has 0 heterocycles. The highest BCUT2D eigenvalue weighted by atomic mass is 19.4. The van der Waals surface area contributed by atoms with E-state index in [1.807, 2.05) is 18.9 Å². The molecule has 0 saturated carbocycles. The van der Waals surface area contributed by atoms with Gasteiger partial charge in [-0.15, -0.1) is 0 Å². The summed E-state index contributed by atoms with van der Waals surface area (Å²) < 4.78 is 36.4. The average molecular weight is 288 g/mol. The zero-order valence-electron chi connectivity index (χ0n) is 11.9. The van der Waals surface area contributed by atoms with Crippen molar-refractivity contribution in [3.63, 3.8) is 0 Å². The van der Waals surface area contributed by atoms with Crippen LogP contribution in [-0.4, -0.2) is 44.2 Å². The Morgan fingerprint density at radius 3 is 2.15 bits per heavy atom. The van der Waals surface area contributed by atoms with Gasteiger partial charge in [0.2, 0.25) is 0 Å². The molecule has 0 aliphatic carbocycles. The molecule has 0 N–H and O–H groups in total. The largest absolute Gasteiger partial charge is 0.390 e. The summed E-state index contributed by atoms with van der Waals surface area (Å²) in [5, 5.41) is 0. The van der Waals surface area contributed by atoms with E-state index in [-0.39, 0.29) is 6.54 Å². The standard InChI is InChI=1S/C14H19F3N2O/c1-4-18(2)12-7-5-11(6-8-12)13(20)19(3)10-9-14(15,16)17/h5-8H,4,9-10H2,1-3H3. The third-order valence-corrected chi connectivity index (χ3v) is 3.11. The molecule has 0 atom stereocenters. The summed E-state index contributed by atoms with van der Waals surface area (Å²) in [6.45, 7) is 2.50. The van der Waals surface area contributed by atoms with Crippen molar-refractivity contribution in [3.8, 4) is 0 Å². The van der Waals surface area contributed by atoms with Crippen molar-refractivity contribution in [2.24, 2.45) is 0 Å². The van der Waals surface area contributed by atoms with Crippen LogP contribution in [0.15, 0.2) is 24.3 Å². The molecule has 0 bridgehead atoms. The molecule has 0 spiro atoms. The molecule has 0 aromatic heterocycles. The first-order valence-electron chi connectivity index (χ1n) is 6.38. The van der Waals surface area contributed by atoms with E-state index in [0.717, 1.165) is 17.1 Å². The minimum atomic E-state index is -4.25. The second-order valence-electron chi connectivity index (χ2n) is 4.65. The lowest BCUT2D eigenvalue weighted by molar-refractivity contribution is -0.136. The van der Waals surface area contributed by atoms with Crippen LogP contribution in [0.2, 0.25) is 0 Å². The van der Waals surface area contributed by atoms with Gasteiger partial charge in [0.05, 0.1) is 6.42 Å². The van der Waals surface area contributed by atoms with E-state index in [2.05, 4.69) is 0 Å². The fraction of sp³-hybridized carbons (Fsp3) is 0.500. The number of rotatable bonds is 5. The van der Waals surface area contributed by atoms with Gasteiger partial charge in [-0.1, -0.05) is 0 Å². The van der Waals surface area contributed by atoms with Gasteiger partial charge in [-0.05, 0) is 31.2 Å². The molecule has 6 heteroatoms. The second kappa shape index (κ2) is 6.63. The van der Waals surface area contributed by atoms with E-state index >= 15 is 0 Å². The van der Waals surface area contributed by atoms with E-state index in [1.165, 1.54) is 7.05 Å². The van der Waals surface area contributed by atoms with E-state index in [4.69, 9.17) is 0 Å². The fourth-order valence-corrected chi connectivity index (χ4v) is 1.66. The van der Waals surface area contributed by atoms with Crippen molar-refractivity contribution in [1.29, 1.82) is 0 Å². The highest BCUT2D eigenvalue weighted by Gasteiger charge is 2.28. The van der Waals surface area contributed by atoms with E-state index < -0.39 is 18.5 Å². The molecule has 0 aliphatic heterocycles. The Hall–Kier alpha value is -1.72. The number of amides is 1. The summed E-state index contributed by atoms with van der Waals surface area (Å²) in [7, 11) is 3.30. The number of hydrogen-bond acceptors (Lipinski definition) is 2. The fourth-order valence-electron chi connectivity index (χ4n) is 1.66. The molecule has 3 nitrogen and oxygen atoms in total. The summed E-state index contributed by atoms with van der Waals surface area (Å²) in [6, 6.07) is 6.84. The van der Waals surface area contributed by atoms with Gasteiger partial charge in [0.15, 0.2) is 0 Å². The zero-order chi connectivity index (χ0) is 15.3. The predicted molar refractivity (Wildman–Crippen MR) is 73.0 cm³/mol. The molecule has 0 saturated heterocycles. The topological polar surface area (TPSA) is 23.6 Å². The Kier molecular flexibility index (Phi) is 5.42. The quantitative estimate of drug-likeness (QED) is 0.831. The van der Waals surface area contributed by atoms with Gasteiger partial charge in [0.25, 0.3) is 5.91 Å². The third-order valence-electron chi connectivity index (χ3n) is 3.11. The summed E-state index contributed by atoms with van der Waals surface area (Å²) in [4.78, 5) is 15.0. The Labute approximate surface area is 117 Å². The van der Waals surface area contributed by atoms with Gasteiger partial charge in [-0.25, -0.2) is 0 Å². The molecule has 112 valence electrons. The van der Waals surface area contributed by atoms with Crippen LogP contribution in [0, 0.1) is 0 Å². The van der Waals surface area contributed by atoms with Crippen LogP contribution in [0.3, 0.4) is 0 Å². The number of carbonyl (C=O) groups excluding carboxylic acids is 1. The first kappa shape index (κ1) is 16.3. The summed E-state index contributed by atoms with van der Waals surface area (Å²) in [5.74, 6) is -0.403. The van der Waals surface area contributed by atoms with Crippen molar-refractivity contribution < 1.29 is 18.0 Å². The van der Waals surface area contributed by atoms with Gasteiger partial charge < -0.3 is 9.80 Å². The van der Waals surface area contributed by atoms with Crippen molar-refractivity contribution in [2.45, 2.75) is 19.5 Å². The highest BCUT2D eigenvalue weighted by molar-refractivity contribution is 5.94. The van der Waals surface area contributed by atoms with Crippen molar-refractivity contribution in [3.05, 3.63) is 29.8 Å². The Bertz CT molecular complexity index is 443. The van der Waals surface area contributed by atoms with E-state index in [9.17, 15) is 18.0 Å². The molecular formula is C14H19F3N2O. The first-order valence-corrected chi connectivity index (χ1v) is 6.38. The number of hydrogen-bond donors (Lipinski definition) is 0. The van der Waals surface area contributed by atoms with Crippen LogP contribution in [0.5, 0.6) is 0 Å². The first-order chi connectivity index (χ1) is 9.24. The number of benzene rings is 1. The van der Waals surface area contributed by atoms with Crippen LogP contribution in [0.25, 0.3) is 0 Å². The molecular weight excluding hydrogens is 269 g/mol. The molecule has 0 fully saturated rings. The molecule has 1 amide bonds. The number of carbonyl (C=O) groups is 1. The lowest BCUT2D eigenvalue weighted by atomic mass is 10.1. The molecule has 1 aromatic carbocycles. The maximum Gasteiger partial charge on any atom is 0.390 e. The van der Waals surface area contributed by atoms with Crippen molar-refractivity contribution in [2.75, 3.05) is 32.1 Å².